The molecule has 2 heteroatoms. The molecule has 28 heavy (non-hydrogen) atoms. The summed E-state index contributed by atoms with van der Waals surface area (Å²) in [7, 11) is 0. The lowest BCUT2D eigenvalue weighted by Gasteiger charge is -2.04. The monoisotopic (exact) mass is 386 g/mol. The van der Waals surface area contributed by atoms with E-state index in [-0.39, 0.29) is 6.47 Å². The highest BCUT2D eigenvalue weighted by molar-refractivity contribution is 5.68. The molecule has 158 valence electrons. The molecule has 0 aliphatic rings. The zero-order valence-corrected chi connectivity index (χ0v) is 19.5. The lowest BCUT2D eigenvalue weighted by molar-refractivity contribution is -0.122. The molecule has 2 aromatic carbocycles. The van der Waals surface area contributed by atoms with Crippen LogP contribution in [0.1, 0.15) is 66.5 Å². The van der Waals surface area contributed by atoms with E-state index >= 15 is 0 Å². The molecule has 0 aliphatic carbocycles. The first kappa shape index (κ1) is 33.0. The average Bonchev–Trinajstić information content (AvgIpc) is 2.74. The van der Waals surface area contributed by atoms with Crippen LogP contribution in [0.5, 0.6) is 0 Å². The molecule has 0 amide bonds. The van der Waals surface area contributed by atoms with Crippen LogP contribution in [0.15, 0.2) is 67.8 Å². The second-order valence-corrected chi connectivity index (χ2v) is 4.74. The van der Waals surface area contributed by atoms with Crippen molar-refractivity contribution in [2.45, 2.75) is 62.3 Å². The fourth-order valence-corrected chi connectivity index (χ4v) is 1.69. The Balaban J connectivity index is -0.000000203. The lowest BCUT2D eigenvalue weighted by Crippen LogP contribution is -1.81. The molecule has 0 atom stereocenters. The Bertz CT molecular complexity index is 573. The number of aryl methyl sites for hydroxylation is 1. The highest BCUT2D eigenvalue weighted by atomic mass is 16.3. The van der Waals surface area contributed by atoms with Crippen molar-refractivity contribution in [3.05, 3.63) is 78.9 Å². The van der Waals surface area contributed by atoms with Crippen LogP contribution < -0.4 is 0 Å². The number of carboxylic acid groups (broad SMARTS) is 1. The normalized spacial score (nSPS) is 7.32. The van der Waals surface area contributed by atoms with Crippen LogP contribution in [-0.2, 0) is 4.79 Å². The molecule has 2 rings (SSSR count). The lowest BCUT2D eigenvalue weighted by atomic mass is 10.0. The first-order valence-corrected chi connectivity index (χ1v) is 9.98. The fourth-order valence-electron chi connectivity index (χ4n) is 1.69. The minimum absolute atomic E-state index is 0.250. The molecule has 0 saturated heterocycles. The number of rotatable bonds is 2. The van der Waals surface area contributed by atoms with Gasteiger partial charge in [-0.1, -0.05) is 114 Å². The van der Waals surface area contributed by atoms with Crippen molar-refractivity contribution in [3.8, 4) is 11.1 Å². The predicted octanol–water partition coefficient (Wildman–Crippen LogP) is 8.67. The maximum absolute atomic E-state index is 8.36. The van der Waals surface area contributed by atoms with Gasteiger partial charge < -0.3 is 5.11 Å². The molecule has 0 radical (unpaired) electrons. The van der Waals surface area contributed by atoms with Gasteiger partial charge in [0.15, 0.2) is 0 Å². The van der Waals surface area contributed by atoms with Crippen LogP contribution in [0, 0.1) is 6.92 Å². The van der Waals surface area contributed by atoms with Crippen molar-refractivity contribution < 1.29 is 9.90 Å². The average molecular weight is 387 g/mol. The zero-order chi connectivity index (χ0) is 23.0. The first-order valence-electron chi connectivity index (χ1n) is 9.98. The van der Waals surface area contributed by atoms with Crippen molar-refractivity contribution in [3.63, 3.8) is 0 Å². The largest absolute Gasteiger partial charge is 0.483 e. The topological polar surface area (TPSA) is 37.3 Å². The maximum Gasteiger partial charge on any atom is 0.290 e. The molecular weight excluding hydrogens is 344 g/mol. The third-order valence-corrected chi connectivity index (χ3v) is 2.76. The number of carbonyl (C=O) groups is 1. The van der Waals surface area contributed by atoms with Gasteiger partial charge in [0.1, 0.15) is 0 Å². The van der Waals surface area contributed by atoms with Crippen LogP contribution in [0.25, 0.3) is 16.7 Å². The van der Waals surface area contributed by atoms with E-state index in [1.165, 1.54) is 22.3 Å². The van der Waals surface area contributed by atoms with Crippen LogP contribution in [0.3, 0.4) is 0 Å². The molecule has 0 aromatic heterocycles. The molecule has 0 fully saturated rings. The van der Waals surface area contributed by atoms with Crippen molar-refractivity contribution in [2.75, 3.05) is 0 Å². The summed E-state index contributed by atoms with van der Waals surface area (Å²) in [6, 6.07) is 17.1. The smallest absolute Gasteiger partial charge is 0.290 e. The van der Waals surface area contributed by atoms with Gasteiger partial charge in [-0.15, -0.1) is 6.58 Å². The van der Waals surface area contributed by atoms with Crippen LogP contribution in [-0.4, -0.2) is 11.6 Å². The van der Waals surface area contributed by atoms with E-state index in [2.05, 4.69) is 68.6 Å². The molecule has 2 nitrogen and oxygen atoms in total. The van der Waals surface area contributed by atoms with Gasteiger partial charge in [-0.25, -0.2) is 0 Å². The Hall–Kier alpha value is -2.61. The standard InChI is InChI=1S/C16H16.C3H6.3C2H6.CH2O2/c1-12(2)14-8-10-16(11-9-14)15-6-4-13(3)5-7-15;1-3-2;3*1-2;2-1-3/h4-11H,1H2,2-3H3;3H,1H2,2H3;3*1-2H3;1H,(H,2,3). The SMILES string of the molecule is C=C(C)c1ccc(-c2ccc(C)cc2)cc1.C=CC.CC.CC.CC.O=CO. The summed E-state index contributed by atoms with van der Waals surface area (Å²) in [5, 5.41) is 6.89. The van der Waals surface area contributed by atoms with E-state index in [0.717, 1.165) is 5.57 Å². The van der Waals surface area contributed by atoms with E-state index in [4.69, 9.17) is 9.90 Å². The van der Waals surface area contributed by atoms with E-state index in [0.29, 0.717) is 0 Å². The number of hydrogen-bond donors (Lipinski definition) is 1. The Morgan fingerprint density at radius 3 is 1.32 bits per heavy atom. The predicted molar refractivity (Wildman–Crippen MR) is 130 cm³/mol. The Kier molecular flexibility index (Phi) is 31.4. The van der Waals surface area contributed by atoms with E-state index in [1.54, 1.807) is 6.08 Å². The number of allylic oxidation sites excluding steroid dienone is 2. The quantitative estimate of drug-likeness (QED) is 0.414. The van der Waals surface area contributed by atoms with Gasteiger partial charge in [0, 0.05) is 0 Å². The van der Waals surface area contributed by atoms with Gasteiger partial charge in [-0.05, 0) is 37.5 Å². The van der Waals surface area contributed by atoms with Gasteiger partial charge >= 0.3 is 0 Å². The van der Waals surface area contributed by atoms with E-state index in [9.17, 15) is 0 Å². The fraction of sp³-hybridized carbons (Fsp3) is 0.346. The van der Waals surface area contributed by atoms with Crippen molar-refractivity contribution >= 4 is 12.0 Å². The summed E-state index contributed by atoms with van der Waals surface area (Å²) >= 11 is 0. The Morgan fingerprint density at radius 2 is 1.07 bits per heavy atom. The zero-order valence-electron chi connectivity index (χ0n) is 19.5. The van der Waals surface area contributed by atoms with Crippen molar-refractivity contribution in [1.29, 1.82) is 0 Å². The summed E-state index contributed by atoms with van der Waals surface area (Å²) in [4.78, 5) is 8.36. The summed E-state index contributed by atoms with van der Waals surface area (Å²) in [6.07, 6.45) is 1.75. The van der Waals surface area contributed by atoms with Crippen molar-refractivity contribution in [2.24, 2.45) is 0 Å². The third kappa shape index (κ3) is 18.2. The number of benzene rings is 2. The molecule has 0 bridgehead atoms. The van der Waals surface area contributed by atoms with Crippen LogP contribution in [0.2, 0.25) is 0 Å². The van der Waals surface area contributed by atoms with Gasteiger partial charge in [0.25, 0.3) is 6.47 Å². The Labute approximate surface area is 174 Å². The van der Waals surface area contributed by atoms with Crippen LogP contribution >= 0.6 is 0 Å². The molecular formula is C26H42O2. The van der Waals surface area contributed by atoms with Crippen molar-refractivity contribution in [1.82, 2.24) is 0 Å². The highest BCUT2D eigenvalue weighted by Gasteiger charge is 1.98. The molecule has 0 unspecified atom stereocenters. The van der Waals surface area contributed by atoms with Crippen LogP contribution in [0.4, 0.5) is 0 Å². The molecule has 1 N–H and O–H groups in total. The maximum atomic E-state index is 8.36. The molecule has 0 heterocycles. The summed E-state index contributed by atoms with van der Waals surface area (Å²) in [5.74, 6) is 0. The van der Waals surface area contributed by atoms with Gasteiger partial charge in [0.2, 0.25) is 0 Å². The molecule has 0 saturated carbocycles. The minimum atomic E-state index is -0.250. The van der Waals surface area contributed by atoms with E-state index in [1.807, 2.05) is 55.4 Å². The van der Waals surface area contributed by atoms with Gasteiger partial charge in [-0.2, -0.15) is 0 Å². The Morgan fingerprint density at radius 1 is 0.821 bits per heavy atom. The van der Waals surface area contributed by atoms with E-state index < -0.39 is 0 Å². The second-order valence-electron chi connectivity index (χ2n) is 4.74. The number of hydrogen-bond acceptors (Lipinski definition) is 1. The first-order chi connectivity index (χ1) is 13.5. The molecule has 2 aromatic rings. The second kappa shape index (κ2) is 26.6. The van der Waals surface area contributed by atoms with Gasteiger partial charge in [0.05, 0.1) is 0 Å². The molecule has 0 spiro atoms. The third-order valence-electron chi connectivity index (χ3n) is 2.76. The summed E-state index contributed by atoms with van der Waals surface area (Å²) < 4.78 is 0. The van der Waals surface area contributed by atoms with Gasteiger partial charge in [-0.3, -0.25) is 4.79 Å². The summed E-state index contributed by atoms with van der Waals surface area (Å²) in [5.41, 5.74) is 6.12. The summed E-state index contributed by atoms with van der Waals surface area (Å²) in [6.45, 7) is 25.1. The minimum Gasteiger partial charge on any atom is -0.483 e. The molecule has 0 aliphatic heterocycles. The highest BCUT2D eigenvalue weighted by Crippen LogP contribution is 2.22.